The van der Waals surface area contributed by atoms with Gasteiger partial charge in [-0.15, -0.1) is 0 Å². The molecule has 0 aromatic heterocycles. The molecule has 0 amide bonds. The first-order valence-corrected chi connectivity index (χ1v) is 9.39. The number of anilines is 1. The number of nitrogens with zero attached hydrogens (tertiary/aromatic N) is 1. The molecule has 1 rings (SSSR count). The molecule has 1 atom stereocenters. The van der Waals surface area contributed by atoms with E-state index in [0.29, 0.717) is 6.04 Å². The standard InChI is InChI=1S/C13H23NSi/c1-12(11-15(3,4)5)14(2)13-9-7-6-8-10-13/h6-10,12H,11H2,1-5H3. The first-order chi connectivity index (χ1) is 6.90. The summed E-state index contributed by atoms with van der Waals surface area (Å²) in [5, 5.41) is 0. The Balaban J connectivity index is 2.65. The summed E-state index contributed by atoms with van der Waals surface area (Å²) in [7, 11) is 1.24. The Morgan fingerprint density at radius 2 is 1.67 bits per heavy atom. The maximum Gasteiger partial charge on any atom is 0.0463 e. The van der Waals surface area contributed by atoms with Gasteiger partial charge in [0.2, 0.25) is 0 Å². The van der Waals surface area contributed by atoms with E-state index in [4.69, 9.17) is 0 Å². The van der Waals surface area contributed by atoms with Gasteiger partial charge in [0.1, 0.15) is 0 Å². The van der Waals surface area contributed by atoms with Crippen molar-refractivity contribution in [2.24, 2.45) is 0 Å². The SMILES string of the molecule is CC(C[Si](C)(C)C)N(C)c1ccccc1. The second-order valence-electron chi connectivity index (χ2n) is 5.56. The Kier molecular flexibility index (Phi) is 3.97. The highest BCUT2D eigenvalue weighted by Crippen LogP contribution is 2.20. The lowest BCUT2D eigenvalue weighted by atomic mass is 10.2. The fourth-order valence-corrected chi connectivity index (χ4v) is 3.99. The smallest absolute Gasteiger partial charge is 0.0463 e. The molecule has 0 saturated carbocycles. The average molecular weight is 221 g/mol. The van der Waals surface area contributed by atoms with Gasteiger partial charge in [-0.1, -0.05) is 37.8 Å². The number of benzene rings is 1. The van der Waals surface area contributed by atoms with Gasteiger partial charge in [0.15, 0.2) is 0 Å². The van der Waals surface area contributed by atoms with E-state index in [1.165, 1.54) is 11.7 Å². The van der Waals surface area contributed by atoms with Crippen LogP contribution in [0.4, 0.5) is 5.69 Å². The summed E-state index contributed by atoms with van der Waals surface area (Å²) in [6.07, 6.45) is 0. The molecule has 15 heavy (non-hydrogen) atoms. The van der Waals surface area contributed by atoms with E-state index in [2.05, 4.69) is 68.8 Å². The predicted octanol–water partition coefficient (Wildman–Crippen LogP) is 3.85. The molecule has 0 fully saturated rings. The molecule has 0 aliphatic carbocycles. The Labute approximate surface area is 95.1 Å². The van der Waals surface area contributed by atoms with Crippen LogP contribution in [0.3, 0.4) is 0 Å². The first-order valence-electron chi connectivity index (χ1n) is 5.68. The summed E-state index contributed by atoms with van der Waals surface area (Å²) in [6.45, 7) is 9.62. The summed E-state index contributed by atoms with van der Waals surface area (Å²) in [5.74, 6) is 0. The fourth-order valence-electron chi connectivity index (χ4n) is 1.94. The van der Waals surface area contributed by atoms with Crippen molar-refractivity contribution in [2.45, 2.75) is 38.7 Å². The molecule has 0 saturated heterocycles. The van der Waals surface area contributed by atoms with E-state index in [9.17, 15) is 0 Å². The number of para-hydroxylation sites is 1. The lowest BCUT2D eigenvalue weighted by molar-refractivity contribution is 0.742. The molecule has 0 aliphatic heterocycles. The molecular formula is C13H23NSi. The molecule has 1 aromatic rings. The third kappa shape index (κ3) is 4.08. The van der Waals surface area contributed by atoms with Crippen molar-refractivity contribution in [1.82, 2.24) is 0 Å². The maximum absolute atomic E-state index is 2.43. The van der Waals surface area contributed by atoms with E-state index >= 15 is 0 Å². The molecule has 0 N–H and O–H groups in total. The number of hydrogen-bond donors (Lipinski definition) is 0. The zero-order valence-corrected chi connectivity index (χ0v) is 11.6. The van der Waals surface area contributed by atoms with E-state index in [1.54, 1.807) is 0 Å². The second-order valence-corrected chi connectivity index (χ2v) is 11.1. The zero-order valence-electron chi connectivity index (χ0n) is 10.6. The highest BCUT2D eigenvalue weighted by atomic mass is 28.3. The summed E-state index contributed by atoms with van der Waals surface area (Å²) < 4.78 is 0. The molecule has 0 bridgehead atoms. The van der Waals surface area contributed by atoms with Crippen LogP contribution in [0.5, 0.6) is 0 Å². The second kappa shape index (κ2) is 4.84. The van der Waals surface area contributed by atoms with Crippen LogP contribution in [-0.4, -0.2) is 21.2 Å². The van der Waals surface area contributed by atoms with E-state index in [1.807, 2.05) is 0 Å². The minimum atomic E-state index is -0.958. The Morgan fingerprint density at radius 3 is 2.13 bits per heavy atom. The van der Waals surface area contributed by atoms with Crippen LogP contribution in [0.25, 0.3) is 0 Å². The molecule has 0 radical (unpaired) electrons. The number of hydrogen-bond acceptors (Lipinski definition) is 1. The van der Waals surface area contributed by atoms with Crippen LogP contribution in [0.15, 0.2) is 30.3 Å². The van der Waals surface area contributed by atoms with Gasteiger partial charge in [-0.05, 0) is 25.1 Å². The van der Waals surface area contributed by atoms with Crippen LogP contribution in [0, 0.1) is 0 Å². The van der Waals surface area contributed by atoms with Gasteiger partial charge in [0.25, 0.3) is 0 Å². The average Bonchev–Trinajstić information content (AvgIpc) is 2.15. The van der Waals surface area contributed by atoms with Gasteiger partial charge in [-0.3, -0.25) is 0 Å². The van der Waals surface area contributed by atoms with Crippen molar-refractivity contribution in [3.05, 3.63) is 30.3 Å². The van der Waals surface area contributed by atoms with Crippen LogP contribution in [-0.2, 0) is 0 Å². The maximum atomic E-state index is 2.43. The third-order valence-electron chi connectivity index (χ3n) is 2.73. The van der Waals surface area contributed by atoms with Crippen molar-refractivity contribution >= 4 is 13.8 Å². The summed E-state index contributed by atoms with van der Waals surface area (Å²) in [5.41, 5.74) is 1.32. The minimum Gasteiger partial charge on any atom is -0.372 e. The monoisotopic (exact) mass is 221 g/mol. The van der Waals surface area contributed by atoms with E-state index in [-0.39, 0.29) is 0 Å². The van der Waals surface area contributed by atoms with Gasteiger partial charge in [0, 0.05) is 26.9 Å². The van der Waals surface area contributed by atoms with Crippen LogP contribution < -0.4 is 4.90 Å². The molecule has 2 heteroatoms. The predicted molar refractivity (Wildman–Crippen MR) is 72.5 cm³/mol. The Morgan fingerprint density at radius 1 is 1.13 bits per heavy atom. The van der Waals surface area contributed by atoms with Crippen LogP contribution in [0.1, 0.15) is 6.92 Å². The van der Waals surface area contributed by atoms with Crippen molar-refractivity contribution in [3.8, 4) is 0 Å². The van der Waals surface area contributed by atoms with E-state index < -0.39 is 8.07 Å². The van der Waals surface area contributed by atoms with Gasteiger partial charge in [-0.2, -0.15) is 0 Å². The minimum absolute atomic E-state index is 0.638. The molecule has 1 aromatic carbocycles. The van der Waals surface area contributed by atoms with Crippen LogP contribution in [0.2, 0.25) is 25.7 Å². The molecule has 1 nitrogen and oxygen atoms in total. The first kappa shape index (κ1) is 12.3. The lowest BCUT2D eigenvalue weighted by Crippen LogP contribution is -2.36. The highest BCUT2D eigenvalue weighted by Gasteiger charge is 2.20. The molecule has 84 valence electrons. The third-order valence-corrected chi connectivity index (χ3v) is 4.55. The Hall–Kier alpha value is -0.763. The van der Waals surface area contributed by atoms with Gasteiger partial charge in [0.05, 0.1) is 0 Å². The summed E-state index contributed by atoms with van der Waals surface area (Å²) in [6, 6.07) is 12.6. The number of rotatable bonds is 4. The van der Waals surface area contributed by atoms with Gasteiger partial charge in [-0.25, -0.2) is 0 Å². The summed E-state index contributed by atoms with van der Waals surface area (Å²) >= 11 is 0. The fraction of sp³-hybridized carbons (Fsp3) is 0.538. The van der Waals surface area contributed by atoms with E-state index in [0.717, 1.165) is 0 Å². The largest absolute Gasteiger partial charge is 0.372 e. The molecular weight excluding hydrogens is 198 g/mol. The van der Waals surface area contributed by atoms with Crippen molar-refractivity contribution in [2.75, 3.05) is 11.9 Å². The lowest BCUT2D eigenvalue weighted by Gasteiger charge is -2.31. The quantitative estimate of drug-likeness (QED) is 0.698. The normalized spacial score (nSPS) is 13.7. The molecule has 0 spiro atoms. The summed E-state index contributed by atoms with van der Waals surface area (Å²) in [4.78, 5) is 2.39. The zero-order chi connectivity index (χ0) is 11.5. The van der Waals surface area contributed by atoms with Crippen LogP contribution >= 0.6 is 0 Å². The molecule has 1 unspecified atom stereocenters. The molecule has 0 heterocycles. The van der Waals surface area contributed by atoms with Crippen molar-refractivity contribution in [1.29, 1.82) is 0 Å². The highest BCUT2D eigenvalue weighted by molar-refractivity contribution is 6.76. The van der Waals surface area contributed by atoms with Crippen molar-refractivity contribution < 1.29 is 0 Å². The van der Waals surface area contributed by atoms with Crippen molar-refractivity contribution in [3.63, 3.8) is 0 Å². The van der Waals surface area contributed by atoms with Gasteiger partial charge >= 0.3 is 0 Å². The Bertz CT molecular complexity index is 289. The van der Waals surface area contributed by atoms with Gasteiger partial charge < -0.3 is 4.90 Å². The topological polar surface area (TPSA) is 3.24 Å². The molecule has 0 aliphatic rings.